The first-order valence-corrected chi connectivity index (χ1v) is 8.28. The van der Waals surface area contributed by atoms with Crippen LogP contribution in [0.25, 0.3) is 10.9 Å². The van der Waals surface area contributed by atoms with E-state index < -0.39 is 0 Å². The second kappa shape index (κ2) is 7.49. The quantitative estimate of drug-likeness (QED) is 0.716. The van der Waals surface area contributed by atoms with E-state index in [0.717, 1.165) is 35.9 Å². The zero-order valence-corrected chi connectivity index (χ0v) is 14.2. The van der Waals surface area contributed by atoms with Crippen LogP contribution in [0.1, 0.15) is 11.1 Å². The first-order chi connectivity index (χ1) is 11.7. The number of benzene rings is 2. The first-order valence-electron chi connectivity index (χ1n) is 8.28. The fourth-order valence-corrected chi connectivity index (χ4v) is 3.02. The van der Waals surface area contributed by atoms with Crippen LogP contribution in [-0.4, -0.2) is 24.8 Å². The summed E-state index contributed by atoms with van der Waals surface area (Å²) in [5.41, 5.74) is 3.29. The molecule has 0 amide bonds. The number of aryl methyl sites for hydroxylation is 1. The lowest BCUT2D eigenvalue weighted by Gasteiger charge is -2.11. The number of likely N-dealkylation sites (N-methyl/N-ethyl adjacent to an activating group) is 1. The van der Waals surface area contributed by atoms with Crippen LogP contribution in [0.3, 0.4) is 0 Å². The average molecular weight is 326 g/mol. The number of rotatable bonds is 7. The molecule has 0 saturated heterocycles. The molecule has 126 valence electrons. The van der Waals surface area contributed by atoms with Gasteiger partial charge in [-0.05, 0) is 43.3 Å². The number of ether oxygens (including phenoxy) is 1. The minimum Gasteiger partial charge on any atom is -0.489 e. The molecule has 1 N–H and O–H groups in total. The number of halogens is 1. The van der Waals surface area contributed by atoms with E-state index in [1.807, 2.05) is 42.9 Å². The van der Waals surface area contributed by atoms with Gasteiger partial charge in [0.15, 0.2) is 11.6 Å². The monoisotopic (exact) mass is 326 g/mol. The number of hydrogen-bond acceptors (Lipinski definition) is 2. The molecule has 0 saturated carbocycles. The molecule has 0 aliphatic heterocycles. The Bertz CT molecular complexity index is 811. The fourth-order valence-electron chi connectivity index (χ4n) is 3.02. The third-order valence-electron chi connectivity index (χ3n) is 4.26. The summed E-state index contributed by atoms with van der Waals surface area (Å²) in [7, 11) is 3.90. The van der Waals surface area contributed by atoms with Crippen molar-refractivity contribution in [2.45, 2.75) is 12.8 Å². The predicted octanol–water partition coefficient (Wildman–Crippen LogP) is 3.70. The molecule has 4 heteroatoms. The van der Waals surface area contributed by atoms with Crippen LogP contribution in [0.4, 0.5) is 4.39 Å². The molecule has 3 rings (SSSR count). The number of nitrogens with zero attached hydrogens (tertiary/aromatic N) is 1. The van der Waals surface area contributed by atoms with Crippen molar-refractivity contribution in [1.29, 1.82) is 0 Å². The molecule has 0 aliphatic rings. The maximum Gasteiger partial charge on any atom is 0.165 e. The molecule has 3 nitrogen and oxygen atoms in total. The molecule has 0 aliphatic carbocycles. The Morgan fingerprint density at radius 3 is 2.62 bits per heavy atom. The highest BCUT2D eigenvalue weighted by atomic mass is 19.1. The van der Waals surface area contributed by atoms with E-state index >= 15 is 0 Å². The zero-order valence-electron chi connectivity index (χ0n) is 14.2. The van der Waals surface area contributed by atoms with Gasteiger partial charge >= 0.3 is 0 Å². The van der Waals surface area contributed by atoms with Gasteiger partial charge < -0.3 is 14.6 Å². The number of hydrogen-bond donors (Lipinski definition) is 1. The topological polar surface area (TPSA) is 26.2 Å². The van der Waals surface area contributed by atoms with Crippen molar-refractivity contribution in [3.05, 3.63) is 65.6 Å². The van der Waals surface area contributed by atoms with Crippen LogP contribution in [0.5, 0.6) is 5.75 Å². The molecule has 0 atom stereocenters. The fraction of sp³-hybridized carbons (Fsp3) is 0.300. The van der Waals surface area contributed by atoms with Gasteiger partial charge in [0.25, 0.3) is 0 Å². The smallest absolute Gasteiger partial charge is 0.165 e. The minimum absolute atomic E-state index is 0.299. The van der Waals surface area contributed by atoms with Gasteiger partial charge in [0.2, 0.25) is 0 Å². The molecular weight excluding hydrogens is 303 g/mol. The standard InChI is InChI=1S/C20H23FN2O/c1-22-12-10-16-14-23(2)18-9-8-17(21)20(19(16)18)24-13-11-15-6-4-3-5-7-15/h3-9,14,22H,10-13H2,1-2H3. The van der Waals surface area contributed by atoms with Crippen molar-refractivity contribution in [3.8, 4) is 5.75 Å². The highest BCUT2D eigenvalue weighted by molar-refractivity contribution is 5.90. The van der Waals surface area contributed by atoms with Crippen LogP contribution in [-0.2, 0) is 19.9 Å². The second-order valence-electron chi connectivity index (χ2n) is 5.97. The van der Waals surface area contributed by atoms with Crippen molar-refractivity contribution >= 4 is 10.9 Å². The Balaban J connectivity index is 1.86. The van der Waals surface area contributed by atoms with E-state index in [-0.39, 0.29) is 5.82 Å². The Labute approximate surface area is 142 Å². The van der Waals surface area contributed by atoms with E-state index in [0.29, 0.717) is 12.4 Å². The van der Waals surface area contributed by atoms with Crippen LogP contribution >= 0.6 is 0 Å². The van der Waals surface area contributed by atoms with E-state index in [1.54, 1.807) is 0 Å². The lowest BCUT2D eigenvalue weighted by atomic mass is 10.1. The third-order valence-corrected chi connectivity index (χ3v) is 4.26. The summed E-state index contributed by atoms with van der Waals surface area (Å²) in [5, 5.41) is 4.03. The Morgan fingerprint density at radius 2 is 1.88 bits per heavy atom. The molecule has 3 aromatic rings. The summed E-state index contributed by atoms with van der Waals surface area (Å²) in [4.78, 5) is 0. The molecule has 2 aromatic carbocycles. The Kier molecular flexibility index (Phi) is 5.16. The van der Waals surface area contributed by atoms with Crippen molar-refractivity contribution in [2.24, 2.45) is 7.05 Å². The highest BCUT2D eigenvalue weighted by Crippen LogP contribution is 2.33. The summed E-state index contributed by atoms with van der Waals surface area (Å²) in [5.74, 6) is 0.0719. The van der Waals surface area contributed by atoms with Crippen molar-refractivity contribution in [2.75, 3.05) is 20.2 Å². The molecule has 0 radical (unpaired) electrons. The minimum atomic E-state index is -0.299. The van der Waals surface area contributed by atoms with E-state index in [4.69, 9.17) is 4.74 Å². The normalized spacial score (nSPS) is 11.1. The summed E-state index contributed by atoms with van der Waals surface area (Å²) < 4.78 is 22.3. The molecule has 1 heterocycles. The summed E-state index contributed by atoms with van der Waals surface area (Å²) in [6, 6.07) is 13.4. The highest BCUT2D eigenvalue weighted by Gasteiger charge is 2.16. The molecular formula is C20H23FN2O. The van der Waals surface area contributed by atoms with Gasteiger partial charge in [0, 0.05) is 25.1 Å². The van der Waals surface area contributed by atoms with Gasteiger partial charge in [-0.2, -0.15) is 0 Å². The maximum absolute atomic E-state index is 14.4. The predicted molar refractivity (Wildman–Crippen MR) is 96.1 cm³/mol. The van der Waals surface area contributed by atoms with Gasteiger partial charge in [0.1, 0.15) is 0 Å². The SMILES string of the molecule is CNCCc1cn(C)c2ccc(F)c(OCCc3ccccc3)c12. The summed E-state index contributed by atoms with van der Waals surface area (Å²) in [6.07, 6.45) is 3.66. The van der Waals surface area contributed by atoms with Crippen molar-refractivity contribution < 1.29 is 9.13 Å². The van der Waals surface area contributed by atoms with Gasteiger partial charge in [-0.25, -0.2) is 4.39 Å². The maximum atomic E-state index is 14.4. The van der Waals surface area contributed by atoms with Gasteiger partial charge in [-0.1, -0.05) is 30.3 Å². The lowest BCUT2D eigenvalue weighted by molar-refractivity contribution is 0.309. The van der Waals surface area contributed by atoms with E-state index in [1.165, 1.54) is 11.6 Å². The van der Waals surface area contributed by atoms with Gasteiger partial charge in [-0.3, -0.25) is 0 Å². The average Bonchev–Trinajstić information content (AvgIpc) is 2.92. The van der Waals surface area contributed by atoms with Crippen molar-refractivity contribution in [1.82, 2.24) is 9.88 Å². The Morgan fingerprint density at radius 1 is 1.08 bits per heavy atom. The summed E-state index contributed by atoms with van der Waals surface area (Å²) >= 11 is 0. The van der Waals surface area contributed by atoms with Crippen LogP contribution < -0.4 is 10.1 Å². The summed E-state index contributed by atoms with van der Waals surface area (Å²) in [6.45, 7) is 1.31. The lowest BCUT2D eigenvalue weighted by Crippen LogP contribution is -2.10. The second-order valence-corrected chi connectivity index (χ2v) is 5.97. The number of aromatic nitrogens is 1. The molecule has 1 aromatic heterocycles. The van der Waals surface area contributed by atoms with Crippen molar-refractivity contribution in [3.63, 3.8) is 0 Å². The van der Waals surface area contributed by atoms with Gasteiger partial charge in [-0.15, -0.1) is 0 Å². The van der Waals surface area contributed by atoms with E-state index in [2.05, 4.69) is 23.6 Å². The molecule has 24 heavy (non-hydrogen) atoms. The Hall–Kier alpha value is -2.33. The first kappa shape index (κ1) is 16.5. The number of nitrogens with one attached hydrogen (secondary N) is 1. The largest absolute Gasteiger partial charge is 0.489 e. The molecule has 0 spiro atoms. The third kappa shape index (κ3) is 3.44. The van der Waals surface area contributed by atoms with E-state index in [9.17, 15) is 4.39 Å². The van der Waals surface area contributed by atoms with Gasteiger partial charge in [0.05, 0.1) is 12.1 Å². The molecule has 0 fully saturated rings. The number of fused-ring (bicyclic) bond motifs is 1. The molecule has 0 bridgehead atoms. The zero-order chi connectivity index (χ0) is 16.9. The van der Waals surface area contributed by atoms with Crippen LogP contribution in [0.15, 0.2) is 48.7 Å². The van der Waals surface area contributed by atoms with Crippen LogP contribution in [0.2, 0.25) is 0 Å². The molecule has 0 unspecified atom stereocenters. The van der Waals surface area contributed by atoms with Crippen LogP contribution in [0, 0.1) is 5.82 Å².